The number of rotatable bonds is 2. The number of nitrogens with zero attached hydrogens (tertiary/aromatic N) is 1. The molecule has 0 unspecified atom stereocenters. The van der Waals surface area contributed by atoms with Crippen LogP contribution in [0.15, 0.2) is 60.7 Å². The Hall–Kier alpha value is -2.78. The van der Waals surface area contributed by atoms with E-state index in [9.17, 15) is 0 Å². The lowest BCUT2D eigenvalue weighted by molar-refractivity contribution is -0.631. The number of aryl methyl sites for hydroxylation is 1. The summed E-state index contributed by atoms with van der Waals surface area (Å²) in [5, 5.41) is 1.83. The average molecular weight is 363 g/mol. The highest BCUT2D eigenvalue weighted by Crippen LogP contribution is 2.42. The first-order valence-electron chi connectivity index (χ1n) is 8.58. The molecule has 0 spiro atoms. The van der Waals surface area contributed by atoms with Gasteiger partial charge in [-0.05, 0) is 29.7 Å². The molecule has 2 aliphatic heterocycles. The quantitative estimate of drug-likeness (QED) is 0.480. The van der Waals surface area contributed by atoms with Crippen LogP contribution in [0.5, 0.6) is 11.5 Å². The number of benzene rings is 2. The Labute approximate surface area is 156 Å². The fourth-order valence-corrected chi connectivity index (χ4v) is 4.06. The summed E-state index contributed by atoms with van der Waals surface area (Å²) in [7, 11) is 2.04. The summed E-state index contributed by atoms with van der Waals surface area (Å²) < 4.78 is 13.3. The van der Waals surface area contributed by atoms with Gasteiger partial charge in [0.15, 0.2) is 11.5 Å². The highest BCUT2D eigenvalue weighted by Gasteiger charge is 2.29. The molecule has 0 N–H and O–H groups in total. The number of aromatic nitrogens is 1. The van der Waals surface area contributed by atoms with Gasteiger partial charge in [-0.2, -0.15) is 4.57 Å². The molecule has 2 aromatic carbocycles. The molecule has 1 aliphatic carbocycles. The van der Waals surface area contributed by atoms with E-state index in [-0.39, 0.29) is 6.79 Å². The molecular formula is C22H17ClNO2+. The van der Waals surface area contributed by atoms with E-state index in [1.54, 1.807) is 0 Å². The molecule has 0 radical (unpaired) electrons. The zero-order valence-electron chi connectivity index (χ0n) is 14.3. The van der Waals surface area contributed by atoms with Crippen molar-refractivity contribution in [3.05, 3.63) is 76.8 Å². The third kappa shape index (κ3) is 2.39. The van der Waals surface area contributed by atoms with E-state index in [4.69, 9.17) is 21.1 Å². The van der Waals surface area contributed by atoms with E-state index in [2.05, 4.69) is 47.0 Å². The highest BCUT2D eigenvalue weighted by molar-refractivity contribution is 6.33. The van der Waals surface area contributed by atoms with E-state index >= 15 is 0 Å². The average Bonchev–Trinajstić information content (AvgIpc) is 3.15. The Kier molecular flexibility index (Phi) is 3.50. The third-order valence-corrected chi connectivity index (χ3v) is 5.27. The summed E-state index contributed by atoms with van der Waals surface area (Å²) in [6.45, 7) is 0.237. The maximum Gasteiger partial charge on any atom is 0.232 e. The number of halogens is 1. The van der Waals surface area contributed by atoms with Crippen molar-refractivity contribution in [3.63, 3.8) is 0 Å². The minimum absolute atomic E-state index is 0.237. The van der Waals surface area contributed by atoms with Gasteiger partial charge in [0.25, 0.3) is 0 Å². The minimum atomic E-state index is 0.237. The van der Waals surface area contributed by atoms with Gasteiger partial charge in [0.1, 0.15) is 12.1 Å². The molecule has 0 atom stereocenters. The molecule has 4 heteroatoms. The summed E-state index contributed by atoms with van der Waals surface area (Å²) in [5.74, 6) is 1.43. The van der Waals surface area contributed by atoms with Gasteiger partial charge >= 0.3 is 0 Å². The molecular weight excluding hydrogens is 346 g/mol. The number of ether oxygens (including phenoxy) is 2. The molecule has 0 fully saturated rings. The first kappa shape index (κ1) is 15.5. The lowest BCUT2D eigenvalue weighted by Crippen LogP contribution is -2.28. The Morgan fingerprint density at radius 3 is 2.50 bits per heavy atom. The first-order valence-corrected chi connectivity index (χ1v) is 8.96. The van der Waals surface area contributed by atoms with Crippen LogP contribution in [-0.2, 0) is 13.5 Å². The number of hydrogen-bond acceptors (Lipinski definition) is 2. The van der Waals surface area contributed by atoms with Crippen LogP contribution in [-0.4, -0.2) is 6.79 Å². The molecule has 0 bridgehead atoms. The van der Waals surface area contributed by atoms with E-state index in [1.807, 2.05) is 25.2 Å². The molecule has 3 nitrogen and oxygen atoms in total. The van der Waals surface area contributed by atoms with Crippen LogP contribution in [0.25, 0.3) is 22.2 Å². The second-order valence-corrected chi connectivity index (χ2v) is 7.01. The van der Waals surface area contributed by atoms with Gasteiger partial charge in [-0.3, -0.25) is 0 Å². The van der Waals surface area contributed by atoms with Crippen molar-refractivity contribution < 1.29 is 14.0 Å². The van der Waals surface area contributed by atoms with Gasteiger partial charge in [0, 0.05) is 12.1 Å². The van der Waals surface area contributed by atoms with Crippen molar-refractivity contribution in [2.75, 3.05) is 6.79 Å². The standard InChI is InChI=1S/C22H17ClNO2/c1-24-19-8-7-15(9-14-5-3-2-4-6-14)10-16(19)17-11-20-21(26-13-25-20)12-18(23)22(17)24/h2-8,10-12H,9,13H2,1H3/q+1. The summed E-state index contributed by atoms with van der Waals surface area (Å²) in [5.41, 5.74) is 5.79. The normalized spacial score (nSPS) is 12.8. The van der Waals surface area contributed by atoms with Crippen LogP contribution in [0.3, 0.4) is 0 Å². The Morgan fingerprint density at radius 2 is 1.69 bits per heavy atom. The van der Waals surface area contributed by atoms with Crippen LogP contribution < -0.4 is 14.0 Å². The molecule has 26 heavy (non-hydrogen) atoms. The van der Waals surface area contributed by atoms with E-state index in [0.29, 0.717) is 10.8 Å². The van der Waals surface area contributed by atoms with E-state index in [1.165, 1.54) is 16.5 Å². The first-order chi connectivity index (χ1) is 12.7. The molecule has 128 valence electrons. The Balaban J connectivity index is 1.72. The topological polar surface area (TPSA) is 22.3 Å². The van der Waals surface area contributed by atoms with Gasteiger partial charge in [-0.15, -0.1) is 0 Å². The smallest absolute Gasteiger partial charge is 0.232 e. The predicted octanol–water partition coefficient (Wildman–Crippen LogP) is 4.74. The van der Waals surface area contributed by atoms with Gasteiger partial charge in [0.05, 0.1) is 10.9 Å². The monoisotopic (exact) mass is 362 g/mol. The van der Waals surface area contributed by atoms with Crippen molar-refractivity contribution in [1.82, 2.24) is 0 Å². The van der Waals surface area contributed by atoms with Crippen LogP contribution in [0.1, 0.15) is 11.1 Å². The van der Waals surface area contributed by atoms with Crippen molar-refractivity contribution in [2.24, 2.45) is 7.05 Å². The molecule has 0 saturated carbocycles. The fourth-order valence-electron chi connectivity index (χ4n) is 3.74. The van der Waals surface area contributed by atoms with Crippen molar-refractivity contribution in [2.45, 2.75) is 6.42 Å². The minimum Gasteiger partial charge on any atom is -0.454 e. The lowest BCUT2D eigenvalue weighted by Gasteiger charge is -2.01. The van der Waals surface area contributed by atoms with Crippen molar-refractivity contribution in [1.29, 1.82) is 0 Å². The molecule has 0 aromatic heterocycles. The van der Waals surface area contributed by atoms with E-state index < -0.39 is 0 Å². The van der Waals surface area contributed by atoms with Gasteiger partial charge < -0.3 is 9.47 Å². The summed E-state index contributed by atoms with van der Waals surface area (Å²) in [6, 6.07) is 21.0. The predicted molar refractivity (Wildman–Crippen MR) is 102 cm³/mol. The fraction of sp³-hybridized carbons (Fsp3) is 0.136. The molecule has 2 aromatic rings. The molecule has 0 saturated heterocycles. The van der Waals surface area contributed by atoms with E-state index in [0.717, 1.165) is 28.9 Å². The Bertz CT molecular complexity index is 1110. The van der Waals surface area contributed by atoms with Gasteiger partial charge in [0.2, 0.25) is 18.0 Å². The largest absolute Gasteiger partial charge is 0.454 e. The second kappa shape index (κ2) is 5.89. The summed E-state index contributed by atoms with van der Waals surface area (Å²) >= 11 is 6.62. The zero-order chi connectivity index (χ0) is 17.7. The van der Waals surface area contributed by atoms with Crippen molar-refractivity contribution >= 4 is 22.5 Å². The van der Waals surface area contributed by atoms with Crippen LogP contribution >= 0.6 is 11.6 Å². The second-order valence-electron chi connectivity index (χ2n) is 6.61. The van der Waals surface area contributed by atoms with Gasteiger partial charge in [-0.25, -0.2) is 0 Å². The van der Waals surface area contributed by atoms with Crippen LogP contribution in [0.4, 0.5) is 0 Å². The van der Waals surface area contributed by atoms with Crippen LogP contribution in [0, 0.1) is 0 Å². The molecule has 3 aliphatic rings. The summed E-state index contributed by atoms with van der Waals surface area (Å²) in [4.78, 5) is 0. The van der Waals surface area contributed by atoms with Crippen LogP contribution in [0.2, 0.25) is 5.02 Å². The Morgan fingerprint density at radius 1 is 0.923 bits per heavy atom. The molecule has 5 rings (SSSR count). The lowest BCUT2D eigenvalue weighted by atomic mass is 10.0. The maximum atomic E-state index is 6.62. The number of fused-ring (bicyclic) bond motifs is 4. The molecule has 0 amide bonds. The van der Waals surface area contributed by atoms with Crippen molar-refractivity contribution in [3.8, 4) is 22.8 Å². The summed E-state index contributed by atoms with van der Waals surface area (Å²) in [6.07, 6.45) is 0.900. The highest BCUT2D eigenvalue weighted by atomic mass is 35.5. The third-order valence-electron chi connectivity index (χ3n) is 4.99. The zero-order valence-corrected chi connectivity index (χ0v) is 15.1. The molecule has 2 heterocycles. The van der Waals surface area contributed by atoms with Gasteiger partial charge in [-0.1, -0.05) is 48.0 Å². The number of hydrogen-bond donors (Lipinski definition) is 0. The SMILES string of the molecule is C[n+]1c2c(Cl)cc3c(cc-2c2cc(Cc4ccccc4)ccc21)OCO3. The maximum absolute atomic E-state index is 6.62.